The molecule has 1 aromatic carbocycles. The number of aliphatic hydroxyl groups is 1. The molecule has 1 saturated carbocycles. The Morgan fingerprint density at radius 2 is 2.16 bits per heavy atom. The van der Waals surface area contributed by atoms with Crippen molar-refractivity contribution in [2.75, 3.05) is 26.3 Å². The van der Waals surface area contributed by atoms with Gasteiger partial charge in [0.15, 0.2) is 0 Å². The van der Waals surface area contributed by atoms with E-state index in [1.54, 1.807) is 0 Å². The van der Waals surface area contributed by atoms with Gasteiger partial charge in [0.2, 0.25) is 0 Å². The van der Waals surface area contributed by atoms with Gasteiger partial charge in [-0.3, -0.25) is 4.90 Å². The van der Waals surface area contributed by atoms with Crippen LogP contribution in [0.2, 0.25) is 0 Å². The molecule has 2 rings (SSSR count). The molecule has 4 nitrogen and oxygen atoms in total. The fourth-order valence-electron chi connectivity index (χ4n) is 2.40. The van der Waals surface area contributed by atoms with Crippen molar-refractivity contribution in [3.8, 4) is 5.75 Å². The van der Waals surface area contributed by atoms with E-state index in [4.69, 9.17) is 15.6 Å². The Kier molecular flexibility index (Phi) is 5.63. The number of benzene rings is 1. The van der Waals surface area contributed by atoms with Gasteiger partial charge in [-0.15, -0.1) is 0 Å². The molecule has 0 radical (unpaired) electrons. The van der Waals surface area contributed by atoms with Crippen molar-refractivity contribution in [2.45, 2.75) is 31.8 Å². The molecule has 1 aromatic rings. The molecule has 0 amide bonds. The van der Waals surface area contributed by atoms with Crippen LogP contribution in [0.25, 0.3) is 0 Å². The Bertz CT molecular complexity index is 380. The summed E-state index contributed by atoms with van der Waals surface area (Å²) in [6.45, 7) is 3.04. The predicted molar refractivity (Wildman–Crippen MR) is 76.1 cm³/mol. The lowest BCUT2D eigenvalue weighted by Gasteiger charge is -2.37. The molecule has 1 aliphatic rings. The van der Waals surface area contributed by atoms with E-state index in [1.165, 1.54) is 19.3 Å². The number of nitrogens with zero attached hydrogens (tertiary/aromatic N) is 1. The van der Waals surface area contributed by atoms with Crippen molar-refractivity contribution in [3.05, 3.63) is 29.8 Å². The van der Waals surface area contributed by atoms with E-state index in [1.807, 2.05) is 24.3 Å². The van der Waals surface area contributed by atoms with Gasteiger partial charge in [0.25, 0.3) is 0 Å². The second-order valence-corrected chi connectivity index (χ2v) is 5.04. The zero-order valence-electron chi connectivity index (χ0n) is 11.4. The van der Waals surface area contributed by atoms with Crippen LogP contribution in [0.15, 0.2) is 24.3 Å². The van der Waals surface area contributed by atoms with Crippen LogP contribution in [0, 0.1) is 0 Å². The molecule has 0 aromatic heterocycles. The second kappa shape index (κ2) is 7.48. The number of hydrogen-bond donors (Lipinski definition) is 2. The summed E-state index contributed by atoms with van der Waals surface area (Å²) in [5.41, 5.74) is 6.70. The summed E-state index contributed by atoms with van der Waals surface area (Å²) in [7, 11) is 0. The molecular formula is C15H24N2O2. The average molecular weight is 264 g/mol. The molecule has 106 valence electrons. The summed E-state index contributed by atoms with van der Waals surface area (Å²) in [5, 5.41) is 9.09. The highest BCUT2D eigenvalue weighted by Gasteiger charge is 2.24. The average Bonchev–Trinajstić information content (AvgIpc) is 2.37. The molecule has 0 heterocycles. The van der Waals surface area contributed by atoms with Gasteiger partial charge in [0.1, 0.15) is 12.4 Å². The lowest BCUT2D eigenvalue weighted by Crippen LogP contribution is -2.43. The van der Waals surface area contributed by atoms with E-state index < -0.39 is 0 Å². The summed E-state index contributed by atoms with van der Waals surface area (Å²) in [4.78, 5) is 2.33. The summed E-state index contributed by atoms with van der Waals surface area (Å²) < 4.78 is 5.77. The van der Waals surface area contributed by atoms with E-state index in [0.29, 0.717) is 19.2 Å². The fraction of sp³-hybridized carbons (Fsp3) is 0.600. The quantitative estimate of drug-likeness (QED) is 0.744. The second-order valence-electron chi connectivity index (χ2n) is 5.04. The number of aliphatic hydroxyl groups excluding tert-OH is 1. The third-order valence-electron chi connectivity index (χ3n) is 3.76. The van der Waals surface area contributed by atoms with Crippen LogP contribution in [0.5, 0.6) is 5.75 Å². The van der Waals surface area contributed by atoms with Crippen molar-refractivity contribution in [1.29, 1.82) is 0 Å². The van der Waals surface area contributed by atoms with Crippen LogP contribution in [0.3, 0.4) is 0 Å². The number of rotatable bonds is 8. The largest absolute Gasteiger partial charge is 0.492 e. The monoisotopic (exact) mass is 264 g/mol. The first kappa shape index (κ1) is 14.3. The molecule has 3 N–H and O–H groups in total. The maximum Gasteiger partial charge on any atom is 0.119 e. The maximum absolute atomic E-state index is 9.09. The Morgan fingerprint density at radius 1 is 1.32 bits per heavy atom. The third kappa shape index (κ3) is 4.20. The first-order chi connectivity index (χ1) is 9.33. The molecule has 0 spiro atoms. The summed E-state index contributed by atoms with van der Waals surface area (Å²) in [5.74, 6) is 0.875. The minimum Gasteiger partial charge on any atom is -0.492 e. The fourth-order valence-corrected chi connectivity index (χ4v) is 2.40. The summed E-state index contributed by atoms with van der Waals surface area (Å²) in [6.07, 6.45) is 3.82. The predicted octanol–water partition coefficient (Wildman–Crippen LogP) is 1.37. The zero-order chi connectivity index (χ0) is 13.5. The van der Waals surface area contributed by atoms with Gasteiger partial charge in [0.05, 0.1) is 6.61 Å². The highest BCUT2D eigenvalue weighted by molar-refractivity contribution is 5.28. The summed E-state index contributed by atoms with van der Waals surface area (Å²) >= 11 is 0. The topological polar surface area (TPSA) is 58.7 Å². The van der Waals surface area contributed by atoms with Crippen LogP contribution in [0.1, 0.15) is 24.8 Å². The SMILES string of the molecule is NCc1cccc(OCCN(CCO)C2CCC2)c1. The lowest BCUT2D eigenvalue weighted by atomic mass is 9.91. The van der Waals surface area contributed by atoms with Gasteiger partial charge in [-0.25, -0.2) is 0 Å². The third-order valence-corrected chi connectivity index (χ3v) is 3.76. The van der Waals surface area contributed by atoms with Gasteiger partial charge in [-0.2, -0.15) is 0 Å². The molecule has 1 fully saturated rings. The molecule has 19 heavy (non-hydrogen) atoms. The zero-order valence-corrected chi connectivity index (χ0v) is 11.4. The van der Waals surface area contributed by atoms with Gasteiger partial charge < -0.3 is 15.6 Å². The molecule has 0 saturated heterocycles. The van der Waals surface area contributed by atoms with E-state index in [0.717, 1.165) is 24.4 Å². The van der Waals surface area contributed by atoms with Gasteiger partial charge in [0, 0.05) is 25.7 Å². The molecule has 0 atom stereocenters. The lowest BCUT2D eigenvalue weighted by molar-refractivity contribution is 0.0860. The van der Waals surface area contributed by atoms with E-state index in [2.05, 4.69) is 4.90 Å². The Hall–Kier alpha value is -1.10. The van der Waals surface area contributed by atoms with Gasteiger partial charge >= 0.3 is 0 Å². The molecule has 1 aliphatic carbocycles. The Balaban J connectivity index is 1.77. The first-order valence-corrected chi connectivity index (χ1v) is 7.10. The van der Waals surface area contributed by atoms with E-state index in [9.17, 15) is 0 Å². The maximum atomic E-state index is 9.09. The first-order valence-electron chi connectivity index (χ1n) is 7.10. The smallest absolute Gasteiger partial charge is 0.119 e. The minimum absolute atomic E-state index is 0.221. The van der Waals surface area contributed by atoms with E-state index >= 15 is 0 Å². The van der Waals surface area contributed by atoms with Crippen molar-refractivity contribution < 1.29 is 9.84 Å². The van der Waals surface area contributed by atoms with Gasteiger partial charge in [-0.05, 0) is 30.5 Å². The van der Waals surface area contributed by atoms with Crippen molar-refractivity contribution in [1.82, 2.24) is 4.90 Å². The van der Waals surface area contributed by atoms with Crippen LogP contribution in [-0.2, 0) is 6.54 Å². The normalized spacial score (nSPS) is 15.5. The highest BCUT2D eigenvalue weighted by Crippen LogP contribution is 2.24. The molecule has 0 unspecified atom stereocenters. The van der Waals surface area contributed by atoms with E-state index in [-0.39, 0.29) is 6.61 Å². The Labute approximate surface area is 115 Å². The van der Waals surface area contributed by atoms with Crippen molar-refractivity contribution in [2.24, 2.45) is 5.73 Å². The molecule has 0 aliphatic heterocycles. The highest BCUT2D eigenvalue weighted by atomic mass is 16.5. The number of hydrogen-bond acceptors (Lipinski definition) is 4. The van der Waals surface area contributed by atoms with Crippen molar-refractivity contribution >= 4 is 0 Å². The molecule has 0 bridgehead atoms. The van der Waals surface area contributed by atoms with Crippen LogP contribution in [-0.4, -0.2) is 42.4 Å². The van der Waals surface area contributed by atoms with Crippen LogP contribution >= 0.6 is 0 Å². The number of ether oxygens (including phenoxy) is 1. The molecular weight excluding hydrogens is 240 g/mol. The standard InChI is InChI=1S/C15H24N2O2/c16-12-13-3-1-6-15(11-13)19-10-8-17(7-9-18)14-4-2-5-14/h1,3,6,11,14,18H,2,4-5,7-10,12,16H2. The van der Waals surface area contributed by atoms with Crippen LogP contribution in [0.4, 0.5) is 0 Å². The minimum atomic E-state index is 0.221. The van der Waals surface area contributed by atoms with Gasteiger partial charge in [-0.1, -0.05) is 18.6 Å². The Morgan fingerprint density at radius 3 is 2.79 bits per heavy atom. The number of nitrogens with two attached hydrogens (primary N) is 1. The molecule has 4 heteroatoms. The van der Waals surface area contributed by atoms with Crippen LogP contribution < -0.4 is 10.5 Å². The summed E-state index contributed by atoms with van der Waals surface area (Å²) in [6, 6.07) is 8.55. The van der Waals surface area contributed by atoms with Crippen molar-refractivity contribution in [3.63, 3.8) is 0 Å².